The minimum atomic E-state index is 0.0810. The number of nitrogens with zero attached hydrogens (tertiary/aromatic N) is 3. The van der Waals surface area contributed by atoms with Crippen LogP contribution in [0.15, 0.2) is 17.5 Å². The molecule has 1 saturated heterocycles. The zero-order valence-electron chi connectivity index (χ0n) is 16.0. The van der Waals surface area contributed by atoms with Crippen LogP contribution in [0.1, 0.15) is 22.7 Å². The fourth-order valence-corrected chi connectivity index (χ4v) is 3.88. The zero-order chi connectivity index (χ0) is 19.1. The number of anilines is 2. The molecule has 8 heteroatoms. The Hall–Kier alpha value is -2.19. The molecule has 3 rings (SSSR count). The van der Waals surface area contributed by atoms with Crippen LogP contribution in [0, 0.1) is 13.8 Å². The molecule has 0 bridgehead atoms. The van der Waals surface area contributed by atoms with E-state index in [0.717, 1.165) is 50.2 Å². The Morgan fingerprint density at radius 2 is 2.07 bits per heavy atom. The summed E-state index contributed by atoms with van der Waals surface area (Å²) in [6.07, 6.45) is 1.33. The highest BCUT2D eigenvalue weighted by Gasteiger charge is 2.14. The van der Waals surface area contributed by atoms with Gasteiger partial charge in [-0.05, 0) is 37.3 Å². The van der Waals surface area contributed by atoms with E-state index in [1.54, 1.807) is 11.3 Å². The number of amides is 1. The van der Waals surface area contributed by atoms with E-state index in [1.165, 1.54) is 10.4 Å². The van der Waals surface area contributed by atoms with Crippen molar-refractivity contribution in [3.63, 3.8) is 0 Å². The molecule has 1 fully saturated rings. The van der Waals surface area contributed by atoms with Crippen LogP contribution < -0.4 is 15.5 Å². The maximum absolute atomic E-state index is 12.0. The van der Waals surface area contributed by atoms with Crippen LogP contribution in [-0.2, 0) is 16.0 Å². The van der Waals surface area contributed by atoms with Crippen molar-refractivity contribution in [3.8, 4) is 0 Å². The SMILES string of the molecule is Cc1nc(NCCNC(=O)CCc2sccc2C)cc(N2CCOCC2)n1. The highest BCUT2D eigenvalue weighted by Crippen LogP contribution is 2.18. The largest absolute Gasteiger partial charge is 0.378 e. The van der Waals surface area contributed by atoms with Gasteiger partial charge >= 0.3 is 0 Å². The molecule has 0 unspecified atom stereocenters. The van der Waals surface area contributed by atoms with Crippen molar-refractivity contribution < 1.29 is 9.53 Å². The van der Waals surface area contributed by atoms with E-state index in [-0.39, 0.29) is 5.91 Å². The van der Waals surface area contributed by atoms with Crippen LogP contribution >= 0.6 is 11.3 Å². The lowest BCUT2D eigenvalue weighted by Crippen LogP contribution is -2.37. The number of rotatable bonds is 8. The van der Waals surface area contributed by atoms with Gasteiger partial charge in [-0.3, -0.25) is 4.79 Å². The topological polar surface area (TPSA) is 79.4 Å². The van der Waals surface area contributed by atoms with Gasteiger partial charge in [0.25, 0.3) is 0 Å². The van der Waals surface area contributed by atoms with Gasteiger partial charge in [-0.2, -0.15) is 0 Å². The van der Waals surface area contributed by atoms with Crippen molar-refractivity contribution in [1.29, 1.82) is 0 Å². The average molecular weight is 390 g/mol. The molecule has 0 saturated carbocycles. The minimum Gasteiger partial charge on any atom is -0.378 e. The van der Waals surface area contributed by atoms with E-state index < -0.39 is 0 Å². The van der Waals surface area contributed by atoms with Crippen LogP contribution in [-0.4, -0.2) is 55.3 Å². The van der Waals surface area contributed by atoms with Crippen LogP contribution in [0.3, 0.4) is 0 Å². The van der Waals surface area contributed by atoms with Crippen molar-refractivity contribution in [2.75, 3.05) is 49.6 Å². The van der Waals surface area contributed by atoms with Crippen LogP contribution in [0.25, 0.3) is 0 Å². The first-order valence-corrected chi connectivity index (χ1v) is 10.2. The fourth-order valence-electron chi connectivity index (χ4n) is 2.97. The number of carbonyl (C=O) groups excluding carboxylic acids is 1. The molecule has 27 heavy (non-hydrogen) atoms. The van der Waals surface area contributed by atoms with E-state index in [4.69, 9.17) is 4.74 Å². The molecular formula is C19H27N5O2S. The van der Waals surface area contributed by atoms with Crippen LogP contribution in [0.4, 0.5) is 11.6 Å². The van der Waals surface area contributed by atoms with Crippen molar-refractivity contribution in [1.82, 2.24) is 15.3 Å². The summed E-state index contributed by atoms with van der Waals surface area (Å²) in [5.74, 6) is 2.52. The van der Waals surface area contributed by atoms with Crippen LogP contribution in [0.2, 0.25) is 0 Å². The minimum absolute atomic E-state index is 0.0810. The highest BCUT2D eigenvalue weighted by molar-refractivity contribution is 7.10. The first kappa shape index (κ1) is 19.6. The van der Waals surface area contributed by atoms with Crippen molar-refractivity contribution in [2.24, 2.45) is 0 Å². The third-order valence-corrected chi connectivity index (χ3v) is 5.54. The Morgan fingerprint density at radius 1 is 1.26 bits per heavy atom. The molecule has 0 aromatic carbocycles. The Kier molecular flexibility index (Phi) is 7.00. The van der Waals surface area contributed by atoms with Gasteiger partial charge in [0, 0.05) is 43.5 Å². The second kappa shape index (κ2) is 9.66. The Balaban J connectivity index is 1.41. The number of aryl methyl sites for hydroxylation is 3. The number of nitrogens with one attached hydrogen (secondary N) is 2. The lowest BCUT2D eigenvalue weighted by atomic mass is 10.2. The predicted octanol–water partition coefficient (Wildman–Crippen LogP) is 2.15. The van der Waals surface area contributed by atoms with E-state index in [9.17, 15) is 4.79 Å². The molecule has 2 aromatic heterocycles. The fraction of sp³-hybridized carbons (Fsp3) is 0.526. The van der Waals surface area contributed by atoms with Gasteiger partial charge in [-0.1, -0.05) is 0 Å². The Morgan fingerprint density at radius 3 is 2.81 bits per heavy atom. The summed E-state index contributed by atoms with van der Waals surface area (Å²) in [7, 11) is 0. The summed E-state index contributed by atoms with van der Waals surface area (Å²) in [6.45, 7) is 8.31. The normalized spacial score (nSPS) is 14.2. The number of ether oxygens (including phenoxy) is 1. The van der Waals surface area contributed by atoms with Gasteiger partial charge in [0.2, 0.25) is 5.91 Å². The average Bonchev–Trinajstić information content (AvgIpc) is 3.09. The first-order chi connectivity index (χ1) is 13.1. The van der Waals surface area contributed by atoms with Gasteiger partial charge in [0.05, 0.1) is 13.2 Å². The number of carbonyl (C=O) groups is 1. The smallest absolute Gasteiger partial charge is 0.220 e. The third kappa shape index (κ3) is 5.90. The molecule has 1 amide bonds. The Bertz CT molecular complexity index is 758. The molecule has 2 aromatic rings. The molecule has 1 aliphatic rings. The van der Waals surface area contributed by atoms with Gasteiger partial charge in [0.1, 0.15) is 17.5 Å². The maximum Gasteiger partial charge on any atom is 0.220 e. The summed E-state index contributed by atoms with van der Waals surface area (Å²) < 4.78 is 5.39. The van der Waals surface area contributed by atoms with Crippen molar-refractivity contribution in [2.45, 2.75) is 26.7 Å². The predicted molar refractivity (Wildman–Crippen MR) is 109 cm³/mol. The second-order valence-electron chi connectivity index (χ2n) is 6.56. The Labute approximate surface area is 164 Å². The van der Waals surface area contributed by atoms with Gasteiger partial charge in [-0.25, -0.2) is 9.97 Å². The van der Waals surface area contributed by atoms with E-state index in [0.29, 0.717) is 19.5 Å². The van der Waals surface area contributed by atoms with Crippen molar-refractivity contribution >= 4 is 28.9 Å². The van der Waals surface area contributed by atoms with Gasteiger partial charge in [0.15, 0.2) is 0 Å². The number of hydrogen-bond donors (Lipinski definition) is 2. The summed E-state index contributed by atoms with van der Waals surface area (Å²) in [5, 5.41) is 8.31. The lowest BCUT2D eigenvalue weighted by molar-refractivity contribution is -0.120. The van der Waals surface area contributed by atoms with E-state index in [1.807, 2.05) is 13.0 Å². The number of morpholine rings is 1. The molecule has 2 N–H and O–H groups in total. The highest BCUT2D eigenvalue weighted by atomic mass is 32.1. The van der Waals surface area contributed by atoms with Crippen LogP contribution in [0.5, 0.6) is 0 Å². The molecule has 1 aliphatic heterocycles. The van der Waals surface area contributed by atoms with Crippen molar-refractivity contribution in [3.05, 3.63) is 33.8 Å². The summed E-state index contributed by atoms with van der Waals surface area (Å²) in [5.41, 5.74) is 1.27. The standard InChI is InChI=1S/C19H27N5O2S/c1-14-5-12-27-16(14)3-4-19(25)21-7-6-20-17-13-18(23-15(2)22-17)24-8-10-26-11-9-24/h5,12-13H,3-4,6-11H2,1-2H3,(H,21,25)(H,20,22,23). The molecule has 0 radical (unpaired) electrons. The molecule has 7 nitrogen and oxygen atoms in total. The molecule has 3 heterocycles. The molecular weight excluding hydrogens is 362 g/mol. The monoisotopic (exact) mass is 389 g/mol. The van der Waals surface area contributed by atoms with Gasteiger partial charge in [-0.15, -0.1) is 11.3 Å². The molecule has 0 aliphatic carbocycles. The first-order valence-electron chi connectivity index (χ1n) is 9.34. The maximum atomic E-state index is 12.0. The summed E-state index contributed by atoms with van der Waals surface area (Å²) in [6, 6.07) is 4.05. The summed E-state index contributed by atoms with van der Waals surface area (Å²) in [4.78, 5) is 24.4. The van der Waals surface area contributed by atoms with E-state index >= 15 is 0 Å². The number of hydrogen-bond acceptors (Lipinski definition) is 7. The molecule has 0 spiro atoms. The quantitative estimate of drug-likeness (QED) is 0.674. The van der Waals surface area contributed by atoms with Gasteiger partial charge < -0.3 is 20.3 Å². The summed E-state index contributed by atoms with van der Waals surface area (Å²) >= 11 is 1.71. The zero-order valence-corrected chi connectivity index (χ0v) is 16.8. The second-order valence-corrected chi connectivity index (χ2v) is 7.56. The molecule has 146 valence electrons. The number of thiophene rings is 1. The van der Waals surface area contributed by atoms with E-state index in [2.05, 4.69) is 43.9 Å². The number of aromatic nitrogens is 2. The lowest BCUT2D eigenvalue weighted by Gasteiger charge is -2.28. The third-order valence-electron chi connectivity index (χ3n) is 4.46. The molecule has 0 atom stereocenters.